The van der Waals surface area contributed by atoms with E-state index in [2.05, 4.69) is 30.4 Å². The lowest BCUT2D eigenvalue weighted by molar-refractivity contribution is 0.0593. The molecular weight excluding hydrogens is 234 g/mol. The van der Waals surface area contributed by atoms with Crippen LogP contribution in [0.2, 0.25) is 0 Å². The maximum absolute atomic E-state index is 11.2. The summed E-state index contributed by atoms with van der Waals surface area (Å²) in [6, 6.07) is 3.28. The lowest BCUT2D eigenvalue weighted by atomic mass is 10.2. The molecule has 94 valence electrons. The molecule has 0 aliphatic heterocycles. The Balaban J connectivity index is 2.04. The number of H-pyrrole nitrogens is 1. The number of carbonyl (C=O) groups excluding carboxylic acids is 1. The minimum atomic E-state index is -0.503. The van der Waals surface area contributed by atoms with E-state index in [0.717, 1.165) is 5.56 Å². The summed E-state index contributed by atoms with van der Waals surface area (Å²) >= 11 is 0. The van der Waals surface area contributed by atoms with E-state index < -0.39 is 5.97 Å². The van der Waals surface area contributed by atoms with Crippen LogP contribution in [0.1, 0.15) is 29.0 Å². The molecule has 0 aromatic carbocycles. The van der Waals surface area contributed by atoms with Gasteiger partial charge < -0.3 is 10.1 Å². The molecule has 0 saturated heterocycles. The predicted molar refractivity (Wildman–Crippen MR) is 64.0 cm³/mol. The second kappa shape index (κ2) is 5.26. The number of aromatic nitrogens is 4. The van der Waals surface area contributed by atoms with E-state index in [4.69, 9.17) is 0 Å². The van der Waals surface area contributed by atoms with Gasteiger partial charge in [0, 0.05) is 11.8 Å². The third kappa shape index (κ3) is 2.62. The maximum Gasteiger partial charge on any atom is 0.358 e. The van der Waals surface area contributed by atoms with Crippen LogP contribution in [0, 0.1) is 0 Å². The molecule has 18 heavy (non-hydrogen) atoms. The second-order valence-corrected chi connectivity index (χ2v) is 3.69. The van der Waals surface area contributed by atoms with Crippen LogP contribution in [0.15, 0.2) is 24.5 Å². The van der Waals surface area contributed by atoms with Crippen molar-refractivity contribution < 1.29 is 9.53 Å². The molecule has 0 amide bonds. The molecule has 2 heterocycles. The Kier molecular flexibility index (Phi) is 3.52. The molecular formula is C11H13N5O2. The van der Waals surface area contributed by atoms with Gasteiger partial charge in [0.15, 0.2) is 5.69 Å². The number of anilines is 1. The van der Waals surface area contributed by atoms with E-state index in [-0.39, 0.29) is 11.7 Å². The molecule has 0 bridgehead atoms. The molecule has 1 unspecified atom stereocenters. The zero-order valence-electron chi connectivity index (χ0n) is 10.0. The van der Waals surface area contributed by atoms with E-state index in [1.807, 2.05) is 6.92 Å². The smallest absolute Gasteiger partial charge is 0.358 e. The molecule has 0 radical (unpaired) electrons. The number of nitrogens with one attached hydrogen (secondary N) is 2. The highest BCUT2D eigenvalue weighted by atomic mass is 16.5. The summed E-state index contributed by atoms with van der Waals surface area (Å²) in [5.41, 5.74) is 1.19. The third-order valence-electron chi connectivity index (χ3n) is 2.44. The third-order valence-corrected chi connectivity index (χ3v) is 2.44. The number of ether oxygens (including phenoxy) is 1. The molecule has 2 rings (SSSR count). The highest BCUT2D eigenvalue weighted by Crippen LogP contribution is 2.15. The van der Waals surface area contributed by atoms with Crippen molar-refractivity contribution in [2.75, 3.05) is 12.4 Å². The van der Waals surface area contributed by atoms with Crippen molar-refractivity contribution in [3.05, 3.63) is 35.8 Å². The van der Waals surface area contributed by atoms with Gasteiger partial charge >= 0.3 is 5.97 Å². The second-order valence-electron chi connectivity index (χ2n) is 3.69. The number of rotatable bonds is 4. The molecule has 0 aliphatic rings. The van der Waals surface area contributed by atoms with Crippen molar-refractivity contribution in [2.24, 2.45) is 0 Å². The summed E-state index contributed by atoms with van der Waals surface area (Å²) in [7, 11) is 1.30. The van der Waals surface area contributed by atoms with Crippen molar-refractivity contribution >= 4 is 11.8 Å². The van der Waals surface area contributed by atoms with E-state index in [1.165, 1.54) is 7.11 Å². The summed E-state index contributed by atoms with van der Waals surface area (Å²) in [5.74, 6) is 0.0771. The topological polar surface area (TPSA) is 92.8 Å². The fourth-order valence-corrected chi connectivity index (χ4v) is 1.43. The van der Waals surface area contributed by atoms with Gasteiger partial charge in [0.25, 0.3) is 0 Å². The van der Waals surface area contributed by atoms with E-state index >= 15 is 0 Å². The minimum absolute atomic E-state index is 0.0435. The zero-order valence-corrected chi connectivity index (χ0v) is 10.0. The summed E-state index contributed by atoms with van der Waals surface area (Å²) in [5, 5.41) is 17.4. The Morgan fingerprint density at radius 1 is 1.44 bits per heavy atom. The highest BCUT2D eigenvalue weighted by Gasteiger charge is 2.10. The van der Waals surface area contributed by atoms with E-state index in [0.29, 0.717) is 5.82 Å². The van der Waals surface area contributed by atoms with Gasteiger partial charge in [-0.15, -0.1) is 10.2 Å². The molecule has 1 atom stereocenters. The summed E-state index contributed by atoms with van der Waals surface area (Å²) in [6.07, 6.45) is 3.53. The molecule has 7 nitrogen and oxygen atoms in total. The normalized spacial score (nSPS) is 11.9. The monoisotopic (exact) mass is 247 g/mol. The lowest BCUT2D eigenvalue weighted by Crippen LogP contribution is -2.10. The number of hydrogen-bond acceptors (Lipinski definition) is 6. The van der Waals surface area contributed by atoms with Crippen molar-refractivity contribution in [1.82, 2.24) is 20.4 Å². The van der Waals surface area contributed by atoms with Crippen LogP contribution in [0.25, 0.3) is 0 Å². The van der Waals surface area contributed by atoms with Crippen LogP contribution in [0.3, 0.4) is 0 Å². The van der Waals surface area contributed by atoms with Gasteiger partial charge in [0.2, 0.25) is 0 Å². The van der Waals surface area contributed by atoms with Gasteiger partial charge in [-0.3, -0.25) is 5.10 Å². The molecule has 0 saturated carbocycles. The average Bonchev–Trinajstić information content (AvgIpc) is 2.92. The van der Waals surface area contributed by atoms with Crippen LogP contribution in [0.4, 0.5) is 5.82 Å². The largest absolute Gasteiger partial charge is 0.464 e. The summed E-state index contributed by atoms with van der Waals surface area (Å²) in [6.45, 7) is 1.97. The summed E-state index contributed by atoms with van der Waals surface area (Å²) in [4.78, 5) is 11.2. The Labute approximate surface area is 104 Å². The highest BCUT2D eigenvalue weighted by molar-refractivity contribution is 5.86. The van der Waals surface area contributed by atoms with Gasteiger partial charge in [0.05, 0.1) is 19.3 Å². The van der Waals surface area contributed by atoms with Crippen LogP contribution in [0.5, 0.6) is 0 Å². The molecule has 2 N–H and O–H groups in total. The number of methoxy groups -OCH3 is 1. The van der Waals surface area contributed by atoms with Crippen LogP contribution < -0.4 is 5.32 Å². The van der Waals surface area contributed by atoms with Crippen LogP contribution >= 0.6 is 0 Å². The average molecular weight is 247 g/mol. The molecule has 2 aromatic heterocycles. The quantitative estimate of drug-likeness (QED) is 0.787. The first-order valence-corrected chi connectivity index (χ1v) is 5.38. The van der Waals surface area contributed by atoms with Gasteiger partial charge in [-0.05, 0) is 19.1 Å². The van der Waals surface area contributed by atoms with Crippen molar-refractivity contribution in [1.29, 1.82) is 0 Å². The Bertz CT molecular complexity index is 509. The standard InChI is InChI=1S/C11H13N5O2/c1-7(8-5-12-13-6-8)14-10-4-3-9(15-16-10)11(17)18-2/h3-7H,1-2H3,(H,12,13)(H,14,16). The van der Waals surface area contributed by atoms with Gasteiger partial charge in [-0.2, -0.15) is 5.10 Å². The first-order chi connectivity index (χ1) is 8.70. The van der Waals surface area contributed by atoms with Gasteiger partial charge in [-0.25, -0.2) is 4.79 Å². The molecule has 7 heteroatoms. The van der Waals surface area contributed by atoms with Crippen LogP contribution in [-0.4, -0.2) is 33.5 Å². The fourth-order valence-electron chi connectivity index (χ4n) is 1.43. The van der Waals surface area contributed by atoms with E-state index in [9.17, 15) is 4.79 Å². The SMILES string of the molecule is COC(=O)c1ccc(NC(C)c2cn[nH]c2)nn1. The predicted octanol–water partition coefficient (Wildman–Crippen LogP) is 1.16. The van der Waals surface area contributed by atoms with Crippen molar-refractivity contribution in [3.8, 4) is 0 Å². The minimum Gasteiger partial charge on any atom is -0.464 e. The molecule has 0 fully saturated rings. The Morgan fingerprint density at radius 3 is 2.83 bits per heavy atom. The first-order valence-electron chi connectivity index (χ1n) is 5.38. The molecule has 2 aromatic rings. The zero-order chi connectivity index (χ0) is 13.0. The van der Waals surface area contributed by atoms with Gasteiger partial charge in [-0.1, -0.05) is 0 Å². The summed E-state index contributed by atoms with van der Waals surface area (Å²) < 4.78 is 4.54. The van der Waals surface area contributed by atoms with Crippen LogP contribution in [-0.2, 0) is 4.74 Å². The number of hydrogen-bond donors (Lipinski definition) is 2. The number of esters is 1. The Morgan fingerprint density at radius 2 is 2.28 bits per heavy atom. The van der Waals surface area contributed by atoms with Gasteiger partial charge in [0.1, 0.15) is 5.82 Å². The molecule has 0 spiro atoms. The number of aromatic amines is 1. The maximum atomic E-state index is 11.2. The lowest BCUT2D eigenvalue weighted by Gasteiger charge is -2.11. The van der Waals surface area contributed by atoms with E-state index in [1.54, 1.807) is 24.5 Å². The fraction of sp³-hybridized carbons (Fsp3) is 0.273. The first kappa shape index (κ1) is 12.0. The molecule has 0 aliphatic carbocycles. The number of nitrogens with zero attached hydrogens (tertiary/aromatic N) is 3. The number of carbonyl (C=O) groups is 1. The van der Waals surface area contributed by atoms with Crippen molar-refractivity contribution in [3.63, 3.8) is 0 Å². The Hall–Kier alpha value is -2.44. The van der Waals surface area contributed by atoms with Crippen molar-refractivity contribution in [2.45, 2.75) is 13.0 Å².